The third kappa shape index (κ3) is 2.88. The first-order valence-corrected chi connectivity index (χ1v) is 10.3. The molecular formula is C15H13N5O4S2. The summed E-state index contributed by atoms with van der Waals surface area (Å²) in [6.45, 7) is 0.125. The van der Waals surface area contributed by atoms with Gasteiger partial charge in [0.25, 0.3) is 0 Å². The number of pyridine rings is 1. The fourth-order valence-electron chi connectivity index (χ4n) is 2.72. The molecule has 11 heteroatoms. The zero-order chi connectivity index (χ0) is 18.3. The largest absolute Gasteiger partial charge is 0.418 e. The summed E-state index contributed by atoms with van der Waals surface area (Å²) < 4.78 is 30.8. The van der Waals surface area contributed by atoms with Gasteiger partial charge in [0.15, 0.2) is 0 Å². The van der Waals surface area contributed by atoms with E-state index in [9.17, 15) is 13.3 Å². The summed E-state index contributed by atoms with van der Waals surface area (Å²) in [6, 6.07) is 2.96. The van der Waals surface area contributed by atoms with Crippen molar-refractivity contribution in [3.05, 3.63) is 41.3 Å². The second-order valence-corrected chi connectivity index (χ2v) is 8.66. The number of rotatable bonds is 4. The number of nitrogens with zero attached hydrogens (tertiary/aromatic N) is 5. The van der Waals surface area contributed by atoms with Gasteiger partial charge in [0.1, 0.15) is 21.6 Å². The highest BCUT2D eigenvalue weighted by atomic mass is 32.2. The van der Waals surface area contributed by atoms with Crippen molar-refractivity contribution < 1.29 is 12.8 Å². The van der Waals surface area contributed by atoms with Gasteiger partial charge in [0.05, 0.1) is 12.5 Å². The molecule has 3 aromatic rings. The van der Waals surface area contributed by atoms with Crippen molar-refractivity contribution in [2.75, 3.05) is 17.1 Å². The minimum absolute atomic E-state index is 0.0506. The van der Waals surface area contributed by atoms with Crippen LogP contribution in [0, 0.1) is 4.91 Å². The maximum Gasteiger partial charge on any atom is 0.240 e. The molecule has 0 aliphatic carbocycles. The molecule has 0 saturated carbocycles. The number of aromatic nitrogens is 3. The summed E-state index contributed by atoms with van der Waals surface area (Å²) in [6.07, 6.45) is 6.31. The molecule has 4 rings (SSSR count). The van der Waals surface area contributed by atoms with Crippen molar-refractivity contribution in [1.29, 1.82) is 0 Å². The van der Waals surface area contributed by atoms with Crippen LogP contribution in [-0.4, -0.2) is 36.2 Å². The highest BCUT2D eigenvalue weighted by Gasteiger charge is 2.36. The molecule has 4 heterocycles. The number of fused-ring (bicyclic) bond motifs is 1. The normalized spacial score (nSPS) is 17.1. The van der Waals surface area contributed by atoms with E-state index in [4.69, 9.17) is 4.42 Å². The molecule has 9 nitrogen and oxygen atoms in total. The number of thiazole rings is 1. The molecule has 0 bridgehead atoms. The molecule has 0 spiro atoms. The zero-order valence-corrected chi connectivity index (χ0v) is 15.2. The molecule has 1 unspecified atom stereocenters. The van der Waals surface area contributed by atoms with Gasteiger partial charge in [-0.25, -0.2) is 22.7 Å². The van der Waals surface area contributed by atoms with Crippen molar-refractivity contribution in [2.24, 2.45) is 5.18 Å². The fourth-order valence-corrected chi connectivity index (χ4v) is 4.42. The Labute approximate surface area is 152 Å². The van der Waals surface area contributed by atoms with Crippen molar-refractivity contribution in [3.8, 4) is 21.3 Å². The van der Waals surface area contributed by atoms with Crippen LogP contribution in [0.1, 0.15) is 18.2 Å². The highest BCUT2D eigenvalue weighted by molar-refractivity contribution is 7.92. The third-order valence-corrected chi connectivity index (χ3v) is 6.12. The lowest BCUT2D eigenvalue weighted by Crippen LogP contribution is -2.35. The molecular weight excluding hydrogens is 378 g/mol. The van der Waals surface area contributed by atoms with Crippen molar-refractivity contribution in [2.45, 2.75) is 12.5 Å². The maximum atomic E-state index is 12.0. The minimum Gasteiger partial charge on any atom is -0.418 e. The number of nitroso groups, excluding NO2 is 1. The standard InChI is InChI=1S/C15H13N5O4S2/c1-26(22,23)20-6-4-10(19-21)12-15(20)24-13(18-12)11-8-17-14(25-11)9-3-2-5-16-7-9/h2-3,5,7-8,10H,4,6H2,1H3. The molecule has 0 saturated heterocycles. The van der Waals surface area contributed by atoms with Crippen molar-refractivity contribution >= 4 is 27.2 Å². The molecule has 1 atom stereocenters. The Hall–Kier alpha value is -2.66. The summed E-state index contributed by atoms with van der Waals surface area (Å²) >= 11 is 1.34. The molecule has 0 fully saturated rings. The van der Waals surface area contributed by atoms with Crippen LogP contribution in [-0.2, 0) is 10.0 Å². The average molecular weight is 391 g/mol. The third-order valence-electron chi connectivity index (χ3n) is 3.93. The summed E-state index contributed by atoms with van der Waals surface area (Å²) in [7, 11) is -3.54. The lowest BCUT2D eigenvalue weighted by Gasteiger charge is -2.25. The van der Waals surface area contributed by atoms with Crippen LogP contribution < -0.4 is 4.31 Å². The first-order chi connectivity index (χ1) is 12.5. The molecule has 0 aromatic carbocycles. The number of hydrogen-bond acceptors (Lipinski definition) is 9. The fraction of sp³-hybridized carbons (Fsp3) is 0.267. The van der Waals surface area contributed by atoms with Crippen LogP contribution in [0.4, 0.5) is 5.88 Å². The van der Waals surface area contributed by atoms with Gasteiger partial charge in [-0.2, -0.15) is 4.91 Å². The zero-order valence-electron chi connectivity index (χ0n) is 13.6. The molecule has 0 amide bonds. The van der Waals surface area contributed by atoms with Crippen molar-refractivity contribution in [3.63, 3.8) is 0 Å². The number of sulfonamides is 1. The van der Waals surface area contributed by atoms with Crippen LogP contribution in [0.5, 0.6) is 0 Å². The van der Waals surface area contributed by atoms with Gasteiger partial charge in [0, 0.05) is 24.5 Å². The van der Waals surface area contributed by atoms with Crippen LogP contribution in [0.2, 0.25) is 0 Å². The Morgan fingerprint density at radius 2 is 2.23 bits per heavy atom. The summed E-state index contributed by atoms with van der Waals surface area (Å²) in [5.41, 5.74) is 1.09. The van der Waals surface area contributed by atoms with E-state index in [0.717, 1.165) is 21.1 Å². The van der Waals surface area contributed by atoms with E-state index in [0.29, 0.717) is 4.88 Å². The van der Waals surface area contributed by atoms with E-state index >= 15 is 0 Å². The van der Waals surface area contributed by atoms with Gasteiger partial charge >= 0.3 is 0 Å². The summed E-state index contributed by atoms with van der Waals surface area (Å²) in [4.78, 5) is 24.5. The Bertz CT molecular complexity index is 1060. The molecule has 1 aliphatic heterocycles. The van der Waals surface area contributed by atoms with E-state index < -0.39 is 16.1 Å². The lowest BCUT2D eigenvalue weighted by molar-refractivity contribution is 0.525. The lowest BCUT2D eigenvalue weighted by atomic mass is 10.1. The van der Waals surface area contributed by atoms with E-state index in [1.165, 1.54) is 11.3 Å². The highest BCUT2D eigenvalue weighted by Crippen LogP contribution is 2.41. The monoisotopic (exact) mass is 391 g/mol. The quantitative estimate of drug-likeness (QED) is 0.627. The Kier molecular flexibility index (Phi) is 4.04. The van der Waals surface area contributed by atoms with Gasteiger partial charge < -0.3 is 4.42 Å². The Balaban J connectivity index is 1.77. The smallest absolute Gasteiger partial charge is 0.240 e. The van der Waals surface area contributed by atoms with Crippen LogP contribution >= 0.6 is 11.3 Å². The minimum atomic E-state index is -3.54. The molecule has 134 valence electrons. The topological polar surface area (TPSA) is 119 Å². The van der Waals surface area contributed by atoms with Crippen LogP contribution in [0.3, 0.4) is 0 Å². The first-order valence-electron chi connectivity index (χ1n) is 7.65. The van der Waals surface area contributed by atoms with Gasteiger partial charge in [-0.1, -0.05) is 5.18 Å². The van der Waals surface area contributed by atoms with E-state index in [2.05, 4.69) is 20.1 Å². The second-order valence-electron chi connectivity index (χ2n) is 5.73. The predicted octanol–water partition coefficient (Wildman–Crippen LogP) is 2.84. The molecule has 1 aliphatic rings. The van der Waals surface area contributed by atoms with Crippen LogP contribution in [0.25, 0.3) is 21.3 Å². The number of hydrogen-bond donors (Lipinski definition) is 0. The van der Waals surface area contributed by atoms with Crippen molar-refractivity contribution in [1.82, 2.24) is 15.0 Å². The van der Waals surface area contributed by atoms with E-state index in [1.807, 2.05) is 12.1 Å². The second kappa shape index (κ2) is 6.25. The van der Waals surface area contributed by atoms with Crippen LogP contribution in [0.15, 0.2) is 40.3 Å². The molecule has 0 N–H and O–H groups in total. The molecule has 3 aromatic heterocycles. The first kappa shape index (κ1) is 16.8. The van der Waals surface area contributed by atoms with E-state index in [-0.39, 0.29) is 30.4 Å². The molecule has 26 heavy (non-hydrogen) atoms. The average Bonchev–Trinajstić information content (AvgIpc) is 3.27. The summed E-state index contributed by atoms with van der Waals surface area (Å²) in [5.74, 6) is 0.265. The van der Waals surface area contributed by atoms with Gasteiger partial charge in [-0.3, -0.25) is 4.98 Å². The Morgan fingerprint density at radius 3 is 2.92 bits per heavy atom. The SMILES string of the molecule is CS(=O)(=O)N1CCC(N=O)c2nc(-c3cnc(-c4cccnc4)s3)oc21. The predicted molar refractivity (Wildman–Crippen MR) is 96.2 cm³/mol. The van der Waals surface area contributed by atoms with Gasteiger partial charge in [-0.05, 0) is 18.6 Å². The van der Waals surface area contributed by atoms with Gasteiger partial charge in [0.2, 0.25) is 21.8 Å². The Morgan fingerprint density at radius 1 is 1.38 bits per heavy atom. The van der Waals surface area contributed by atoms with Gasteiger partial charge in [-0.15, -0.1) is 11.3 Å². The summed E-state index contributed by atoms with van der Waals surface area (Å²) in [5, 5.41) is 3.78. The number of oxazole rings is 1. The molecule has 0 radical (unpaired) electrons. The number of anilines is 1. The maximum absolute atomic E-state index is 12.0. The van der Waals surface area contributed by atoms with E-state index in [1.54, 1.807) is 18.6 Å².